The number of unbranched alkanes of at least 4 members (excludes halogenated alkanes) is 1. The molecule has 0 bridgehead atoms. The fraction of sp³-hybridized carbons (Fsp3) is 0.348. The molecule has 1 atom stereocenters. The number of nitrogens with zero attached hydrogens (tertiary/aromatic N) is 1. The summed E-state index contributed by atoms with van der Waals surface area (Å²) in [5.41, 5.74) is 1.20. The normalized spacial score (nSPS) is 12.8. The first-order chi connectivity index (χ1) is 14.3. The average Bonchev–Trinajstić information content (AvgIpc) is 3.20. The highest BCUT2D eigenvalue weighted by Crippen LogP contribution is 2.29. The van der Waals surface area contributed by atoms with Crippen LogP contribution in [0.1, 0.15) is 29.4 Å². The minimum atomic E-state index is -0.558. The second-order valence-electron chi connectivity index (χ2n) is 6.83. The Hall–Kier alpha value is -2.41. The molecular formula is C23H29N3O2S. The summed E-state index contributed by atoms with van der Waals surface area (Å²) in [6.07, 6.45) is 1.42. The number of thiophene rings is 1. The monoisotopic (exact) mass is 411 g/mol. The molecule has 0 spiro atoms. The van der Waals surface area contributed by atoms with Crippen LogP contribution in [0.15, 0.2) is 65.7 Å². The van der Waals surface area contributed by atoms with Crippen LogP contribution in [-0.2, 0) is 11.3 Å². The number of fused-ring (bicyclic) bond motifs is 1. The van der Waals surface area contributed by atoms with Crippen molar-refractivity contribution in [2.45, 2.75) is 25.6 Å². The molecule has 0 radical (unpaired) electrons. The number of guanidine groups is 1. The molecule has 5 nitrogen and oxygen atoms in total. The van der Waals surface area contributed by atoms with E-state index in [2.05, 4.69) is 46.0 Å². The Kier molecular flexibility index (Phi) is 8.49. The summed E-state index contributed by atoms with van der Waals surface area (Å²) in [7, 11) is 1.74. The molecule has 154 valence electrons. The Bertz CT molecular complexity index is 862. The zero-order valence-corrected chi connectivity index (χ0v) is 17.6. The van der Waals surface area contributed by atoms with Gasteiger partial charge >= 0.3 is 0 Å². The quantitative estimate of drug-likeness (QED) is 0.267. The van der Waals surface area contributed by atoms with Crippen LogP contribution < -0.4 is 10.6 Å². The minimum absolute atomic E-state index is 0.423. The van der Waals surface area contributed by atoms with Crippen molar-refractivity contribution in [3.63, 3.8) is 0 Å². The standard InChI is InChI=1S/C23H29N3O2S/c1-24-23(25-13-7-8-14-28-17-18-9-3-2-4-10-18)26-16-20(27)22-15-19-11-5-6-12-21(19)29-22/h2-6,9-12,15,20,27H,7-8,13-14,16-17H2,1H3,(H2,24,25,26). The Morgan fingerprint density at radius 3 is 2.66 bits per heavy atom. The van der Waals surface area contributed by atoms with Crippen molar-refractivity contribution in [3.8, 4) is 0 Å². The molecule has 29 heavy (non-hydrogen) atoms. The molecule has 0 aliphatic carbocycles. The molecule has 0 saturated heterocycles. The Morgan fingerprint density at radius 2 is 1.86 bits per heavy atom. The molecule has 0 saturated carbocycles. The maximum Gasteiger partial charge on any atom is 0.191 e. The van der Waals surface area contributed by atoms with Gasteiger partial charge in [0.25, 0.3) is 0 Å². The summed E-state index contributed by atoms with van der Waals surface area (Å²) < 4.78 is 6.89. The fourth-order valence-corrected chi connectivity index (χ4v) is 4.03. The summed E-state index contributed by atoms with van der Waals surface area (Å²) >= 11 is 1.63. The van der Waals surface area contributed by atoms with E-state index in [1.54, 1.807) is 18.4 Å². The topological polar surface area (TPSA) is 65.9 Å². The van der Waals surface area contributed by atoms with Gasteiger partial charge in [-0.1, -0.05) is 48.5 Å². The highest BCUT2D eigenvalue weighted by Gasteiger charge is 2.12. The summed E-state index contributed by atoms with van der Waals surface area (Å²) in [4.78, 5) is 5.19. The van der Waals surface area contributed by atoms with Crippen LogP contribution in [0.3, 0.4) is 0 Å². The van der Waals surface area contributed by atoms with Gasteiger partial charge in [-0.25, -0.2) is 0 Å². The molecule has 1 aromatic heterocycles. The Balaban J connectivity index is 1.30. The van der Waals surface area contributed by atoms with Gasteiger partial charge in [-0.05, 0) is 35.9 Å². The van der Waals surface area contributed by atoms with E-state index in [9.17, 15) is 5.11 Å². The lowest BCUT2D eigenvalue weighted by Crippen LogP contribution is -2.39. The van der Waals surface area contributed by atoms with Gasteiger partial charge in [0.1, 0.15) is 6.10 Å². The van der Waals surface area contributed by atoms with Gasteiger partial charge in [0.15, 0.2) is 5.96 Å². The second-order valence-corrected chi connectivity index (χ2v) is 7.94. The van der Waals surface area contributed by atoms with Gasteiger partial charge in [0.2, 0.25) is 0 Å². The highest BCUT2D eigenvalue weighted by molar-refractivity contribution is 7.19. The molecule has 3 N–H and O–H groups in total. The molecule has 6 heteroatoms. The average molecular weight is 412 g/mol. The van der Waals surface area contributed by atoms with Crippen LogP contribution in [-0.4, -0.2) is 37.8 Å². The van der Waals surface area contributed by atoms with Crippen LogP contribution in [0.2, 0.25) is 0 Å². The molecule has 0 amide bonds. The number of hydrogen-bond acceptors (Lipinski definition) is 4. The summed E-state index contributed by atoms with van der Waals surface area (Å²) in [6, 6.07) is 20.4. The number of aliphatic imine (C=N–C) groups is 1. The lowest BCUT2D eigenvalue weighted by atomic mass is 10.2. The first-order valence-electron chi connectivity index (χ1n) is 9.99. The third kappa shape index (κ3) is 6.85. The van der Waals surface area contributed by atoms with Crippen molar-refractivity contribution in [1.82, 2.24) is 10.6 Å². The molecule has 3 aromatic rings. The molecule has 2 aromatic carbocycles. The van der Waals surface area contributed by atoms with Crippen LogP contribution in [0, 0.1) is 0 Å². The Morgan fingerprint density at radius 1 is 1.07 bits per heavy atom. The smallest absolute Gasteiger partial charge is 0.191 e. The zero-order valence-electron chi connectivity index (χ0n) is 16.8. The van der Waals surface area contributed by atoms with E-state index in [0.717, 1.165) is 30.9 Å². The Labute approximate surface area is 176 Å². The van der Waals surface area contributed by atoms with Crippen molar-refractivity contribution < 1.29 is 9.84 Å². The molecule has 1 unspecified atom stereocenters. The van der Waals surface area contributed by atoms with Crippen LogP contribution >= 0.6 is 11.3 Å². The van der Waals surface area contributed by atoms with Crippen molar-refractivity contribution >= 4 is 27.4 Å². The fourth-order valence-electron chi connectivity index (χ4n) is 2.98. The molecule has 0 aliphatic heterocycles. The van der Waals surface area contributed by atoms with Crippen LogP contribution in [0.4, 0.5) is 0 Å². The van der Waals surface area contributed by atoms with Gasteiger partial charge in [-0.3, -0.25) is 4.99 Å². The third-order valence-electron chi connectivity index (χ3n) is 4.58. The molecule has 0 aliphatic rings. The first-order valence-corrected chi connectivity index (χ1v) is 10.8. The van der Waals surface area contributed by atoms with Gasteiger partial charge in [-0.15, -0.1) is 11.3 Å². The van der Waals surface area contributed by atoms with E-state index in [-0.39, 0.29) is 0 Å². The summed E-state index contributed by atoms with van der Waals surface area (Å²) in [5, 5.41) is 18.1. The van der Waals surface area contributed by atoms with Gasteiger partial charge < -0.3 is 20.5 Å². The molecule has 0 fully saturated rings. The van der Waals surface area contributed by atoms with Gasteiger partial charge in [0, 0.05) is 36.3 Å². The van der Waals surface area contributed by atoms with Crippen molar-refractivity contribution in [1.29, 1.82) is 0 Å². The SMILES string of the molecule is CN=C(NCCCCOCc1ccccc1)NCC(O)c1cc2ccccc2s1. The molecule has 3 rings (SSSR count). The number of hydrogen-bond donors (Lipinski definition) is 3. The predicted molar refractivity (Wildman–Crippen MR) is 121 cm³/mol. The summed E-state index contributed by atoms with van der Waals surface area (Å²) in [6.45, 7) is 2.64. The minimum Gasteiger partial charge on any atom is -0.386 e. The number of aliphatic hydroxyl groups excluding tert-OH is 1. The van der Waals surface area contributed by atoms with E-state index < -0.39 is 6.10 Å². The number of nitrogens with one attached hydrogen (secondary N) is 2. The van der Waals surface area contributed by atoms with Crippen molar-refractivity contribution in [2.75, 3.05) is 26.7 Å². The van der Waals surface area contributed by atoms with E-state index in [4.69, 9.17) is 4.74 Å². The maximum absolute atomic E-state index is 10.5. The molecule has 1 heterocycles. The highest BCUT2D eigenvalue weighted by atomic mass is 32.1. The van der Waals surface area contributed by atoms with E-state index >= 15 is 0 Å². The lowest BCUT2D eigenvalue weighted by molar-refractivity contribution is 0.117. The van der Waals surface area contributed by atoms with Crippen LogP contribution in [0.25, 0.3) is 10.1 Å². The second kappa shape index (κ2) is 11.6. The number of ether oxygens (including phenoxy) is 1. The largest absolute Gasteiger partial charge is 0.386 e. The van der Waals surface area contributed by atoms with Crippen molar-refractivity contribution in [3.05, 3.63) is 71.1 Å². The van der Waals surface area contributed by atoms with E-state index in [1.807, 2.05) is 30.3 Å². The predicted octanol–water partition coefficient (Wildman–Crippen LogP) is 4.10. The maximum atomic E-state index is 10.5. The van der Waals surface area contributed by atoms with Crippen LogP contribution in [0.5, 0.6) is 0 Å². The third-order valence-corrected chi connectivity index (χ3v) is 5.80. The lowest BCUT2D eigenvalue weighted by Gasteiger charge is -2.14. The summed E-state index contributed by atoms with van der Waals surface area (Å²) in [5.74, 6) is 0.704. The zero-order chi connectivity index (χ0) is 20.3. The van der Waals surface area contributed by atoms with Gasteiger partial charge in [-0.2, -0.15) is 0 Å². The van der Waals surface area contributed by atoms with E-state index in [0.29, 0.717) is 19.1 Å². The molecular weight excluding hydrogens is 382 g/mol. The van der Waals surface area contributed by atoms with Crippen molar-refractivity contribution in [2.24, 2.45) is 4.99 Å². The number of aliphatic hydroxyl groups is 1. The number of benzene rings is 2. The van der Waals surface area contributed by atoms with E-state index in [1.165, 1.54) is 15.6 Å². The number of rotatable bonds is 10. The first kappa shape index (κ1) is 21.3. The van der Waals surface area contributed by atoms with Gasteiger partial charge in [0.05, 0.1) is 6.61 Å².